The summed E-state index contributed by atoms with van der Waals surface area (Å²) < 4.78 is 13.7. The van der Waals surface area contributed by atoms with Crippen LogP contribution in [0.2, 0.25) is 0 Å². The van der Waals surface area contributed by atoms with Gasteiger partial charge in [-0.05, 0) is 18.2 Å². The first-order valence-electron chi connectivity index (χ1n) is 6.60. The van der Waals surface area contributed by atoms with Crippen molar-refractivity contribution in [3.63, 3.8) is 0 Å². The van der Waals surface area contributed by atoms with E-state index in [1.54, 1.807) is 18.3 Å². The van der Waals surface area contributed by atoms with Gasteiger partial charge in [-0.3, -0.25) is 4.79 Å². The van der Waals surface area contributed by atoms with Gasteiger partial charge in [0, 0.05) is 23.4 Å². The van der Waals surface area contributed by atoms with E-state index in [-0.39, 0.29) is 5.56 Å². The van der Waals surface area contributed by atoms with E-state index in [1.807, 2.05) is 0 Å². The summed E-state index contributed by atoms with van der Waals surface area (Å²) in [5, 5.41) is 8.77. The summed E-state index contributed by atoms with van der Waals surface area (Å²) in [4.78, 5) is 22.4. The van der Waals surface area contributed by atoms with Gasteiger partial charge in [0.25, 0.3) is 0 Å². The molecule has 2 aromatic heterocycles. The first kappa shape index (κ1) is 14.4. The van der Waals surface area contributed by atoms with Crippen molar-refractivity contribution >= 4 is 23.1 Å². The van der Waals surface area contributed by atoms with Gasteiger partial charge in [0.2, 0.25) is 5.91 Å². The van der Waals surface area contributed by atoms with E-state index >= 15 is 0 Å². The second-order valence-corrected chi connectivity index (χ2v) is 4.74. The SMILES string of the molecule is N#Cc1ccc(-c2cnc3[nH]cc(C=CC(N)=O)c3n2)cc1F. The zero-order valence-electron chi connectivity index (χ0n) is 11.7. The van der Waals surface area contributed by atoms with Crippen molar-refractivity contribution in [3.05, 3.63) is 53.6 Å². The lowest BCUT2D eigenvalue weighted by Crippen LogP contribution is -2.05. The maximum absolute atomic E-state index is 13.7. The molecule has 1 aromatic carbocycles. The van der Waals surface area contributed by atoms with Gasteiger partial charge in [-0.2, -0.15) is 5.26 Å². The van der Waals surface area contributed by atoms with Crippen molar-refractivity contribution < 1.29 is 9.18 Å². The lowest BCUT2D eigenvalue weighted by molar-refractivity contribution is -0.113. The molecule has 112 valence electrons. The van der Waals surface area contributed by atoms with Crippen LogP contribution in [0.15, 0.2) is 36.7 Å². The molecule has 0 fully saturated rings. The molecule has 3 aromatic rings. The van der Waals surface area contributed by atoms with Gasteiger partial charge >= 0.3 is 0 Å². The molecule has 1 amide bonds. The highest BCUT2D eigenvalue weighted by Gasteiger charge is 2.09. The maximum atomic E-state index is 13.7. The van der Waals surface area contributed by atoms with Crippen molar-refractivity contribution in [2.45, 2.75) is 0 Å². The number of hydrogen-bond acceptors (Lipinski definition) is 4. The summed E-state index contributed by atoms with van der Waals surface area (Å²) in [5.41, 5.74) is 7.71. The molecule has 0 atom stereocenters. The van der Waals surface area contributed by atoms with E-state index in [0.29, 0.717) is 28.0 Å². The number of halogens is 1. The Kier molecular flexibility index (Phi) is 3.57. The Hall–Kier alpha value is -3.53. The summed E-state index contributed by atoms with van der Waals surface area (Å²) in [7, 11) is 0. The molecule has 7 heteroatoms. The molecule has 0 aliphatic heterocycles. The standard InChI is InChI=1S/C16H10FN5O/c17-12-5-9(1-2-10(12)6-18)13-8-21-16-15(22-13)11(7-20-16)3-4-14(19)23/h1-5,7-8H,(H2,19,23)(H,20,21). The highest BCUT2D eigenvalue weighted by Crippen LogP contribution is 2.23. The molecule has 0 saturated carbocycles. The van der Waals surface area contributed by atoms with Gasteiger partial charge in [-0.15, -0.1) is 0 Å². The fourth-order valence-electron chi connectivity index (χ4n) is 2.11. The second-order valence-electron chi connectivity index (χ2n) is 4.74. The Morgan fingerprint density at radius 1 is 1.43 bits per heavy atom. The molecule has 0 aliphatic rings. The van der Waals surface area contributed by atoms with Gasteiger partial charge in [-0.25, -0.2) is 14.4 Å². The van der Waals surface area contributed by atoms with Crippen LogP contribution in [0.5, 0.6) is 0 Å². The first-order chi connectivity index (χ1) is 11.1. The van der Waals surface area contributed by atoms with Crippen LogP contribution in [0.4, 0.5) is 4.39 Å². The summed E-state index contributed by atoms with van der Waals surface area (Å²) in [5.74, 6) is -1.19. The molecule has 3 N–H and O–H groups in total. The average molecular weight is 307 g/mol. The zero-order chi connectivity index (χ0) is 16.4. The molecular weight excluding hydrogens is 297 g/mol. The van der Waals surface area contributed by atoms with Gasteiger partial charge in [0.1, 0.15) is 17.4 Å². The molecule has 0 saturated heterocycles. The number of aromatic amines is 1. The van der Waals surface area contributed by atoms with Crippen molar-refractivity contribution in [2.75, 3.05) is 0 Å². The van der Waals surface area contributed by atoms with Gasteiger partial charge in [0.15, 0.2) is 5.65 Å². The highest BCUT2D eigenvalue weighted by atomic mass is 19.1. The van der Waals surface area contributed by atoms with E-state index < -0.39 is 11.7 Å². The Morgan fingerprint density at radius 3 is 2.96 bits per heavy atom. The van der Waals surface area contributed by atoms with Gasteiger partial charge in [-0.1, -0.05) is 6.07 Å². The van der Waals surface area contributed by atoms with Crippen LogP contribution in [0.1, 0.15) is 11.1 Å². The minimum Gasteiger partial charge on any atom is -0.366 e. The number of nitriles is 1. The quantitative estimate of drug-likeness (QED) is 0.722. The van der Waals surface area contributed by atoms with E-state index in [2.05, 4.69) is 15.0 Å². The van der Waals surface area contributed by atoms with Gasteiger partial charge in [0.05, 0.1) is 17.5 Å². The van der Waals surface area contributed by atoms with Crippen LogP contribution in [0, 0.1) is 17.1 Å². The summed E-state index contributed by atoms with van der Waals surface area (Å²) in [6.45, 7) is 0. The Balaban J connectivity index is 2.09. The number of aromatic nitrogens is 3. The van der Waals surface area contributed by atoms with Crippen molar-refractivity contribution in [1.29, 1.82) is 5.26 Å². The summed E-state index contributed by atoms with van der Waals surface area (Å²) in [6.07, 6.45) is 5.89. The topological polar surface area (TPSA) is 108 Å². The number of nitrogens with two attached hydrogens (primary N) is 1. The van der Waals surface area contributed by atoms with Crippen LogP contribution in [-0.4, -0.2) is 20.9 Å². The summed E-state index contributed by atoms with van der Waals surface area (Å²) >= 11 is 0. The number of primary amides is 1. The number of fused-ring (bicyclic) bond motifs is 1. The van der Waals surface area contributed by atoms with E-state index in [1.165, 1.54) is 30.5 Å². The van der Waals surface area contributed by atoms with Crippen LogP contribution in [0.25, 0.3) is 28.5 Å². The largest absolute Gasteiger partial charge is 0.366 e. The predicted molar refractivity (Wildman–Crippen MR) is 82.2 cm³/mol. The van der Waals surface area contributed by atoms with Crippen molar-refractivity contribution in [2.24, 2.45) is 5.73 Å². The summed E-state index contributed by atoms with van der Waals surface area (Å²) in [6, 6.07) is 5.99. The number of carbonyl (C=O) groups is 1. The maximum Gasteiger partial charge on any atom is 0.241 e. The molecule has 0 unspecified atom stereocenters. The monoisotopic (exact) mass is 307 g/mol. The number of rotatable bonds is 3. The van der Waals surface area contributed by atoms with E-state index in [9.17, 15) is 9.18 Å². The van der Waals surface area contributed by atoms with Crippen LogP contribution >= 0.6 is 0 Å². The number of nitrogens with one attached hydrogen (secondary N) is 1. The predicted octanol–water partition coefficient (Wildman–Crippen LogP) is 2.13. The number of H-pyrrole nitrogens is 1. The number of amides is 1. The highest BCUT2D eigenvalue weighted by molar-refractivity contribution is 5.93. The van der Waals surface area contributed by atoms with Gasteiger partial charge < -0.3 is 10.7 Å². The molecular formula is C16H10FN5O. The van der Waals surface area contributed by atoms with Crippen molar-refractivity contribution in [1.82, 2.24) is 15.0 Å². The lowest BCUT2D eigenvalue weighted by atomic mass is 10.1. The van der Waals surface area contributed by atoms with E-state index in [4.69, 9.17) is 11.0 Å². The number of benzene rings is 1. The molecule has 3 rings (SSSR count). The number of hydrogen-bond donors (Lipinski definition) is 2. The first-order valence-corrected chi connectivity index (χ1v) is 6.60. The number of nitrogens with zero attached hydrogens (tertiary/aromatic N) is 3. The smallest absolute Gasteiger partial charge is 0.241 e. The van der Waals surface area contributed by atoms with Crippen LogP contribution in [0.3, 0.4) is 0 Å². The molecule has 0 radical (unpaired) electrons. The molecule has 23 heavy (non-hydrogen) atoms. The lowest BCUT2D eigenvalue weighted by Gasteiger charge is -2.02. The average Bonchev–Trinajstić information content (AvgIpc) is 2.95. The molecule has 0 bridgehead atoms. The third-order valence-corrected chi connectivity index (χ3v) is 3.22. The molecule has 0 aliphatic carbocycles. The molecule has 2 heterocycles. The fourth-order valence-corrected chi connectivity index (χ4v) is 2.11. The Labute approximate surface area is 130 Å². The Morgan fingerprint density at radius 2 is 2.26 bits per heavy atom. The number of carbonyl (C=O) groups excluding carboxylic acids is 1. The van der Waals surface area contributed by atoms with E-state index in [0.717, 1.165) is 0 Å². The minimum absolute atomic E-state index is 0.0329. The Bertz CT molecular complexity index is 984. The second kappa shape index (κ2) is 5.69. The minimum atomic E-state index is -0.616. The van der Waals surface area contributed by atoms with Crippen LogP contribution < -0.4 is 5.73 Å². The van der Waals surface area contributed by atoms with Crippen LogP contribution in [-0.2, 0) is 4.79 Å². The fraction of sp³-hybridized carbons (Fsp3) is 0. The normalized spacial score (nSPS) is 11.0. The molecule has 0 spiro atoms. The molecule has 6 nitrogen and oxygen atoms in total. The van der Waals surface area contributed by atoms with Crippen molar-refractivity contribution in [3.8, 4) is 17.3 Å². The third kappa shape index (κ3) is 2.78. The third-order valence-electron chi connectivity index (χ3n) is 3.22. The zero-order valence-corrected chi connectivity index (χ0v) is 11.7.